The highest BCUT2D eigenvalue weighted by molar-refractivity contribution is 5.88. The second-order valence-corrected chi connectivity index (χ2v) is 10.5. The smallest absolute Gasteiger partial charge is 0.243 e. The fourth-order valence-electron chi connectivity index (χ4n) is 4.14. The van der Waals surface area contributed by atoms with E-state index >= 15 is 0 Å². The number of amides is 2. The summed E-state index contributed by atoms with van der Waals surface area (Å²) in [7, 11) is 0. The fourth-order valence-corrected chi connectivity index (χ4v) is 4.14. The molecule has 1 fully saturated rings. The van der Waals surface area contributed by atoms with E-state index in [1.54, 1.807) is 13.8 Å². The minimum Gasteiger partial charge on any atom is -0.394 e. The quantitative estimate of drug-likeness (QED) is 0.127. The van der Waals surface area contributed by atoms with Gasteiger partial charge in [-0.2, -0.15) is 0 Å². The Morgan fingerprint density at radius 2 is 1.24 bits per heavy atom. The minimum absolute atomic E-state index is 0.202. The standard InChI is InChI=1S/C33H52N2O7/c1-4-5-6-7-8-9-10-11-12-13-14-15-16-17-18-19-20-21-22-23-27(37)34-28(25(2)3)32(40)35-29-31(39)30(38)26(24-36)42-33(29)41/h5-6,8-9,11-12,14-15,17-18,20-21,25-26,28-31,33,36,38-39,41H,4,7,10,13,16,19,22-24H2,1-3H3,(H,34,37)(H,35,40)/b6-5-,9-8-,12-11-,15-14-,18-17-,21-20-/t26-,28+,29-,30-,31-,33-/m1/s1. The monoisotopic (exact) mass is 588 g/mol. The molecule has 1 rings (SSSR count). The van der Waals surface area contributed by atoms with Crippen LogP contribution in [0, 0.1) is 5.92 Å². The SMILES string of the molecule is CC/C=C\C/C=C\C/C=C\C/C=C\C/C=C\C/C=C\CCC(=O)N[C@H](C(=O)N[C@@H]1[C@@H](O)[C@H](O)[C@@H](CO)O[C@H]1O)C(C)C. The van der Waals surface area contributed by atoms with Crippen LogP contribution in [0.25, 0.3) is 0 Å². The van der Waals surface area contributed by atoms with Gasteiger partial charge >= 0.3 is 0 Å². The van der Waals surface area contributed by atoms with Crippen molar-refractivity contribution in [2.45, 2.75) is 109 Å². The lowest BCUT2D eigenvalue weighted by Gasteiger charge is -2.40. The lowest BCUT2D eigenvalue weighted by molar-refractivity contribution is -0.254. The zero-order chi connectivity index (χ0) is 31.2. The molecular weight excluding hydrogens is 536 g/mol. The van der Waals surface area contributed by atoms with E-state index in [0.717, 1.165) is 38.5 Å². The molecule has 9 heteroatoms. The largest absolute Gasteiger partial charge is 0.394 e. The maximum atomic E-state index is 12.8. The molecule has 0 bridgehead atoms. The Hall–Kier alpha value is -2.82. The molecule has 0 aliphatic carbocycles. The average molecular weight is 589 g/mol. The Labute approximate surface area is 251 Å². The third kappa shape index (κ3) is 15.4. The number of hydrogen-bond donors (Lipinski definition) is 6. The molecule has 0 unspecified atom stereocenters. The Balaban J connectivity index is 2.29. The molecule has 1 saturated heterocycles. The van der Waals surface area contributed by atoms with Crippen molar-refractivity contribution in [2.24, 2.45) is 5.92 Å². The second kappa shape index (κ2) is 22.7. The molecule has 2 amide bonds. The summed E-state index contributed by atoms with van der Waals surface area (Å²) in [5.41, 5.74) is 0. The van der Waals surface area contributed by atoms with Gasteiger partial charge in [-0.1, -0.05) is 93.7 Å². The van der Waals surface area contributed by atoms with Gasteiger partial charge in [0.25, 0.3) is 0 Å². The first kappa shape index (κ1) is 37.2. The summed E-state index contributed by atoms with van der Waals surface area (Å²) in [6.45, 7) is 5.05. The maximum Gasteiger partial charge on any atom is 0.243 e. The van der Waals surface area contributed by atoms with Crippen molar-refractivity contribution in [2.75, 3.05) is 6.61 Å². The Morgan fingerprint density at radius 1 is 0.762 bits per heavy atom. The molecular formula is C33H52N2O7. The van der Waals surface area contributed by atoms with E-state index in [1.165, 1.54) is 0 Å². The van der Waals surface area contributed by atoms with E-state index < -0.39 is 49.2 Å². The van der Waals surface area contributed by atoms with E-state index in [0.29, 0.717) is 6.42 Å². The van der Waals surface area contributed by atoms with Crippen LogP contribution >= 0.6 is 0 Å². The van der Waals surface area contributed by atoms with Crippen LogP contribution < -0.4 is 10.6 Å². The van der Waals surface area contributed by atoms with Crippen molar-refractivity contribution < 1.29 is 34.8 Å². The molecule has 0 spiro atoms. The lowest BCUT2D eigenvalue weighted by atomic mass is 9.95. The van der Waals surface area contributed by atoms with Crippen molar-refractivity contribution in [1.82, 2.24) is 10.6 Å². The summed E-state index contributed by atoms with van der Waals surface area (Å²) in [5, 5.41) is 44.8. The van der Waals surface area contributed by atoms with Gasteiger partial charge in [0, 0.05) is 6.42 Å². The number of nitrogens with one attached hydrogen (secondary N) is 2. The summed E-state index contributed by atoms with van der Waals surface area (Å²) in [5.74, 6) is -1.19. The van der Waals surface area contributed by atoms with Gasteiger partial charge in [0.2, 0.25) is 11.8 Å². The van der Waals surface area contributed by atoms with Crippen molar-refractivity contribution in [3.8, 4) is 0 Å². The summed E-state index contributed by atoms with van der Waals surface area (Å²) < 4.78 is 5.07. The van der Waals surface area contributed by atoms with Crippen LogP contribution in [0.2, 0.25) is 0 Å². The molecule has 0 aromatic rings. The van der Waals surface area contributed by atoms with Gasteiger partial charge < -0.3 is 35.8 Å². The van der Waals surface area contributed by atoms with Gasteiger partial charge in [-0.3, -0.25) is 9.59 Å². The van der Waals surface area contributed by atoms with Crippen LogP contribution in [-0.4, -0.2) is 75.5 Å². The number of hydrogen-bond acceptors (Lipinski definition) is 7. The molecule has 0 aromatic heterocycles. The van der Waals surface area contributed by atoms with Crippen LogP contribution in [0.5, 0.6) is 0 Å². The zero-order valence-electron chi connectivity index (χ0n) is 25.3. The van der Waals surface area contributed by atoms with E-state index in [2.05, 4.69) is 78.3 Å². The molecule has 42 heavy (non-hydrogen) atoms. The zero-order valence-corrected chi connectivity index (χ0v) is 25.3. The normalized spacial score (nSPS) is 24.3. The summed E-state index contributed by atoms with van der Waals surface area (Å²) in [6.07, 6.45) is 25.9. The van der Waals surface area contributed by atoms with Gasteiger partial charge in [0.1, 0.15) is 30.4 Å². The van der Waals surface area contributed by atoms with Crippen molar-refractivity contribution in [1.29, 1.82) is 0 Å². The molecule has 1 aliphatic heterocycles. The van der Waals surface area contributed by atoms with Crippen LogP contribution in [0.15, 0.2) is 72.9 Å². The highest BCUT2D eigenvalue weighted by Crippen LogP contribution is 2.20. The molecule has 236 valence electrons. The number of aliphatic hydroxyl groups excluding tert-OH is 4. The van der Waals surface area contributed by atoms with Gasteiger partial charge in [-0.15, -0.1) is 0 Å². The number of allylic oxidation sites excluding steroid dienone is 12. The Morgan fingerprint density at radius 3 is 1.69 bits per heavy atom. The van der Waals surface area contributed by atoms with Gasteiger partial charge in [0.05, 0.1) is 6.61 Å². The number of carbonyl (C=O) groups excluding carboxylic acids is 2. The van der Waals surface area contributed by atoms with Crippen molar-refractivity contribution in [3.63, 3.8) is 0 Å². The van der Waals surface area contributed by atoms with Crippen LogP contribution in [0.4, 0.5) is 0 Å². The van der Waals surface area contributed by atoms with E-state index in [1.807, 2.05) is 12.2 Å². The summed E-state index contributed by atoms with van der Waals surface area (Å²) in [4.78, 5) is 25.3. The molecule has 0 radical (unpaired) electrons. The number of rotatable bonds is 19. The molecule has 0 saturated carbocycles. The van der Waals surface area contributed by atoms with Gasteiger partial charge in [-0.25, -0.2) is 0 Å². The molecule has 6 atom stereocenters. The Kier molecular flexibility index (Phi) is 20.1. The van der Waals surface area contributed by atoms with Crippen LogP contribution in [0.1, 0.15) is 72.1 Å². The van der Waals surface area contributed by atoms with E-state index in [9.17, 15) is 30.0 Å². The maximum absolute atomic E-state index is 12.8. The molecule has 9 nitrogen and oxygen atoms in total. The fraction of sp³-hybridized carbons (Fsp3) is 0.576. The first-order chi connectivity index (χ1) is 20.2. The predicted octanol–water partition coefficient (Wildman–Crippen LogP) is 3.52. The predicted molar refractivity (Wildman–Crippen MR) is 166 cm³/mol. The number of ether oxygens (including phenoxy) is 1. The first-order valence-corrected chi connectivity index (χ1v) is 15.0. The van der Waals surface area contributed by atoms with E-state index in [-0.39, 0.29) is 18.2 Å². The second-order valence-electron chi connectivity index (χ2n) is 10.5. The summed E-state index contributed by atoms with van der Waals surface area (Å²) in [6, 6.07) is -2.22. The van der Waals surface area contributed by atoms with Gasteiger partial charge in [0.15, 0.2) is 6.29 Å². The lowest BCUT2D eigenvalue weighted by Crippen LogP contribution is -2.66. The number of carbonyl (C=O) groups is 2. The number of aliphatic hydroxyl groups is 4. The molecule has 0 aromatic carbocycles. The third-order valence-electron chi connectivity index (χ3n) is 6.61. The molecule has 1 heterocycles. The first-order valence-electron chi connectivity index (χ1n) is 15.0. The third-order valence-corrected chi connectivity index (χ3v) is 6.61. The van der Waals surface area contributed by atoms with Crippen molar-refractivity contribution in [3.05, 3.63) is 72.9 Å². The van der Waals surface area contributed by atoms with Crippen LogP contribution in [-0.2, 0) is 14.3 Å². The molecule has 6 N–H and O–H groups in total. The topological polar surface area (TPSA) is 148 Å². The summed E-state index contributed by atoms with van der Waals surface area (Å²) >= 11 is 0. The Bertz CT molecular complexity index is 939. The van der Waals surface area contributed by atoms with Crippen LogP contribution in [0.3, 0.4) is 0 Å². The minimum atomic E-state index is -1.62. The van der Waals surface area contributed by atoms with Gasteiger partial charge in [-0.05, 0) is 50.9 Å². The molecule has 1 aliphatic rings. The average Bonchev–Trinajstić information content (AvgIpc) is 2.96. The highest BCUT2D eigenvalue weighted by Gasteiger charge is 2.45. The van der Waals surface area contributed by atoms with E-state index in [4.69, 9.17) is 4.74 Å². The highest BCUT2D eigenvalue weighted by atomic mass is 16.6. The van der Waals surface area contributed by atoms with Crippen molar-refractivity contribution >= 4 is 11.8 Å².